The molecule has 3 amide bonds. The molecular formula is C20H36N4O3. The van der Waals surface area contributed by atoms with Crippen molar-refractivity contribution >= 4 is 11.9 Å². The number of unbranched alkanes of at least 4 members (excludes halogenated alkanes) is 1. The van der Waals surface area contributed by atoms with Crippen molar-refractivity contribution in [2.24, 2.45) is 5.92 Å². The number of likely N-dealkylation sites (tertiary alicyclic amines) is 1. The Morgan fingerprint density at radius 2 is 1.67 bits per heavy atom. The van der Waals surface area contributed by atoms with E-state index in [1.807, 2.05) is 9.80 Å². The van der Waals surface area contributed by atoms with Crippen LogP contribution in [-0.2, 0) is 9.53 Å². The van der Waals surface area contributed by atoms with E-state index in [9.17, 15) is 9.59 Å². The molecule has 0 bridgehead atoms. The second kappa shape index (κ2) is 10.3. The molecule has 3 saturated heterocycles. The van der Waals surface area contributed by atoms with E-state index < -0.39 is 0 Å². The van der Waals surface area contributed by atoms with Crippen LogP contribution in [0.5, 0.6) is 0 Å². The van der Waals surface area contributed by atoms with Gasteiger partial charge < -0.3 is 24.8 Å². The van der Waals surface area contributed by atoms with Gasteiger partial charge in [0, 0.05) is 39.3 Å². The van der Waals surface area contributed by atoms with Crippen LogP contribution in [0.2, 0.25) is 0 Å². The molecule has 3 heterocycles. The summed E-state index contributed by atoms with van der Waals surface area (Å²) in [6.45, 7) is 9.79. The third kappa shape index (κ3) is 6.07. The summed E-state index contributed by atoms with van der Waals surface area (Å²) in [4.78, 5) is 30.9. The molecule has 1 atom stereocenters. The number of carbonyl (C=O) groups excluding carboxylic acids is 2. The summed E-state index contributed by atoms with van der Waals surface area (Å²) in [6.07, 6.45) is 6.34. The van der Waals surface area contributed by atoms with Crippen LogP contribution in [0.4, 0.5) is 4.79 Å². The Bertz CT molecular complexity index is 480. The number of amides is 3. The van der Waals surface area contributed by atoms with E-state index in [2.05, 4.69) is 17.1 Å². The molecule has 0 saturated carbocycles. The fourth-order valence-electron chi connectivity index (χ4n) is 4.16. The van der Waals surface area contributed by atoms with Crippen molar-refractivity contribution in [1.29, 1.82) is 0 Å². The molecule has 7 heteroatoms. The van der Waals surface area contributed by atoms with Gasteiger partial charge in [-0.15, -0.1) is 0 Å². The van der Waals surface area contributed by atoms with Crippen LogP contribution in [0.25, 0.3) is 0 Å². The highest BCUT2D eigenvalue weighted by molar-refractivity contribution is 5.81. The molecule has 0 spiro atoms. The summed E-state index contributed by atoms with van der Waals surface area (Å²) >= 11 is 0. The summed E-state index contributed by atoms with van der Waals surface area (Å²) in [5.74, 6) is 0.974. The molecule has 1 N–H and O–H groups in total. The van der Waals surface area contributed by atoms with Crippen molar-refractivity contribution in [3.8, 4) is 0 Å². The maximum absolute atomic E-state index is 12.3. The van der Waals surface area contributed by atoms with E-state index in [-0.39, 0.29) is 18.0 Å². The number of urea groups is 1. The van der Waals surface area contributed by atoms with Gasteiger partial charge in [-0.25, -0.2) is 4.79 Å². The van der Waals surface area contributed by atoms with Crippen LogP contribution in [0.1, 0.15) is 45.4 Å². The molecule has 3 fully saturated rings. The Hall–Kier alpha value is -1.34. The third-order valence-corrected chi connectivity index (χ3v) is 6.14. The maximum Gasteiger partial charge on any atom is 0.317 e. The molecule has 0 radical (unpaired) electrons. The molecule has 3 aliphatic rings. The molecule has 0 aromatic carbocycles. The van der Waals surface area contributed by atoms with E-state index >= 15 is 0 Å². The van der Waals surface area contributed by atoms with Crippen molar-refractivity contribution < 1.29 is 14.3 Å². The highest BCUT2D eigenvalue weighted by Gasteiger charge is 2.31. The molecule has 1 unspecified atom stereocenters. The first-order valence-corrected chi connectivity index (χ1v) is 10.8. The number of hydrogen-bond acceptors (Lipinski definition) is 4. The standard InChI is InChI=1S/C20H36N4O3/c1-17-6-10-22(11-7-17)9-3-2-8-21-20(26)24-14-12-23(13-15-24)19(25)18-5-4-16-27-18/h17-18H,2-16H2,1H3,(H,21,26). The predicted octanol–water partition coefficient (Wildman–Crippen LogP) is 1.53. The minimum Gasteiger partial charge on any atom is -0.368 e. The normalized spacial score (nSPS) is 25.0. The lowest BCUT2D eigenvalue weighted by atomic mass is 9.99. The molecule has 7 nitrogen and oxygen atoms in total. The number of nitrogens with one attached hydrogen (secondary N) is 1. The lowest BCUT2D eigenvalue weighted by Crippen LogP contribution is -2.54. The van der Waals surface area contributed by atoms with Gasteiger partial charge in [-0.1, -0.05) is 6.92 Å². The topological polar surface area (TPSA) is 65.1 Å². The third-order valence-electron chi connectivity index (χ3n) is 6.14. The summed E-state index contributed by atoms with van der Waals surface area (Å²) in [5, 5.41) is 3.04. The van der Waals surface area contributed by atoms with Crippen molar-refractivity contribution in [3.63, 3.8) is 0 Å². The molecule has 27 heavy (non-hydrogen) atoms. The molecule has 3 aliphatic heterocycles. The average molecular weight is 381 g/mol. The number of hydrogen-bond donors (Lipinski definition) is 1. The second-order valence-corrected chi connectivity index (χ2v) is 8.28. The fourth-order valence-corrected chi connectivity index (χ4v) is 4.16. The lowest BCUT2D eigenvalue weighted by Gasteiger charge is -2.35. The van der Waals surface area contributed by atoms with Crippen molar-refractivity contribution in [2.75, 3.05) is 59.0 Å². The van der Waals surface area contributed by atoms with E-state index in [1.54, 1.807) is 0 Å². The number of nitrogens with zero attached hydrogens (tertiary/aromatic N) is 3. The highest BCUT2D eigenvalue weighted by Crippen LogP contribution is 2.17. The zero-order valence-corrected chi connectivity index (χ0v) is 16.8. The van der Waals surface area contributed by atoms with Gasteiger partial charge in [0.25, 0.3) is 5.91 Å². The summed E-state index contributed by atoms with van der Waals surface area (Å²) in [7, 11) is 0. The predicted molar refractivity (Wildman–Crippen MR) is 105 cm³/mol. The van der Waals surface area contributed by atoms with Gasteiger partial charge in [0.15, 0.2) is 0 Å². The summed E-state index contributed by atoms with van der Waals surface area (Å²) < 4.78 is 5.48. The monoisotopic (exact) mass is 380 g/mol. The zero-order chi connectivity index (χ0) is 19.1. The van der Waals surface area contributed by atoms with Crippen LogP contribution in [-0.4, -0.2) is 91.7 Å². The zero-order valence-electron chi connectivity index (χ0n) is 16.8. The Balaban J connectivity index is 1.24. The average Bonchev–Trinajstić information content (AvgIpc) is 3.23. The van der Waals surface area contributed by atoms with E-state index in [0.717, 1.165) is 44.7 Å². The van der Waals surface area contributed by atoms with Gasteiger partial charge in [-0.2, -0.15) is 0 Å². The van der Waals surface area contributed by atoms with Crippen LogP contribution in [0.3, 0.4) is 0 Å². The van der Waals surface area contributed by atoms with Crippen molar-refractivity contribution in [2.45, 2.75) is 51.6 Å². The Labute approximate surface area is 163 Å². The first-order valence-electron chi connectivity index (χ1n) is 10.8. The number of rotatable bonds is 6. The molecule has 154 valence electrons. The number of piperazine rings is 1. The van der Waals surface area contributed by atoms with Crippen LogP contribution >= 0.6 is 0 Å². The highest BCUT2D eigenvalue weighted by atomic mass is 16.5. The minimum absolute atomic E-state index is 0.00557. The molecular weight excluding hydrogens is 344 g/mol. The van der Waals surface area contributed by atoms with E-state index in [4.69, 9.17) is 4.74 Å². The minimum atomic E-state index is -0.256. The van der Waals surface area contributed by atoms with Crippen molar-refractivity contribution in [1.82, 2.24) is 20.0 Å². The fraction of sp³-hybridized carbons (Fsp3) is 0.900. The molecule has 0 aromatic rings. The van der Waals surface area contributed by atoms with Crippen molar-refractivity contribution in [3.05, 3.63) is 0 Å². The maximum atomic E-state index is 12.3. The Kier molecular flexibility index (Phi) is 7.76. The first-order chi connectivity index (χ1) is 13.1. The van der Waals surface area contributed by atoms with Gasteiger partial charge in [0.1, 0.15) is 6.10 Å². The molecule has 3 rings (SSSR count). The summed E-state index contributed by atoms with van der Waals surface area (Å²) in [5.41, 5.74) is 0. The number of carbonyl (C=O) groups is 2. The van der Waals surface area contributed by atoms with Crippen LogP contribution < -0.4 is 5.32 Å². The largest absolute Gasteiger partial charge is 0.368 e. The van der Waals surface area contributed by atoms with Crippen LogP contribution in [0.15, 0.2) is 0 Å². The molecule has 0 aromatic heterocycles. The number of piperidine rings is 1. The SMILES string of the molecule is CC1CCN(CCCCNC(=O)N2CCN(C(=O)C3CCCO3)CC2)CC1. The van der Waals surface area contributed by atoms with Gasteiger partial charge in [-0.3, -0.25) is 4.79 Å². The van der Waals surface area contributed by atoms with Gasteiger partial charge in [0.2, 0.25) is 0 Å². The van der Waals surface area contributed by atoms with Gasteiger partial charge >= 0.3 is 6.03 Å². The lowest BCUT2D eigenvalue weighted by molar-refractivity contribution is -0.142. The second-order valence-electron chi connectivity index (χ2n) is 8.28. The number of ether oxygens (including phenoxy) is 1. The van der Waals surface area contributed by atoms with E-state index in [1.165, 1.54) is 25.9 Å². The van der Waals surface area contributed by atoms with E-state index in [0.29, 0.717) is 32.8 Å². The van der Waals surface area contributed by atoms with Gasteiger partial charge in [-0.05, 0) is 64.1 Å². The van der Waals surface area contributed by atoms with Gasteiger partial charge in [0.05, 0.1) is 0 Å². The summed E-state index contributed by atoms with van der Waals surface area (Å²) in [6, 6.07) is 0.00557. The quantitative estimate of drug-likeness (QED) is 0.710. The van der Waals surface area contributed by atoms with Crippen LogP contribution in [0, 0.1) is 5.92 Å². The smallest absolute Gasteiger partial charge is 0.317 e. The Morgan fingerprint density at radius 3 is 2.33 bits per heavy atom. The molecule has 0 aliphatic carbocycles. The first kappa shape index (κ1) is 20.4. The Morgan fingerprint density at radius 1 is 0.963 bits per heavy atom.